The third-order valence-electron chi connectivity index (χ3n) is 4.80. The number of hydrogen-bond donors (Lipinski definition) is 1. The van der Waals surface area contributed by atoms with Crippen molar-refractivity contribution < 1.29 is 13.2 Å². The molecule has 10 heteroatoms. The molecule has 1 N–H and O–H groups in total. The summed E-state index contributed by atoms with van der Waals surface area (Å²) < 4.78 is 30.0. The van der Waals surface area contributed by atoms with Gasteiger partial charge in [-0.1, -0.05) is 6.07 Å². The van der Waals surface area contributed by atoms with E-state index in [1.165, 1.54) is 28.9 Å². The highest BCUT2D eigenvalue weighted by atomic mass is 32.2. The number of nitrogens with one attached hydrogen (secondary N) is 1. The van der Waals surface area contributed by atoms with Gasteiger partial charge in [0.2, 0.25) is 15.9 Å². The summed E-state index contributed by atoms with van der Waals surface area (Å²) in [5, 5.41) is 4.53. The number of amides is 1. The molecular weight excluding hydrogens is 428 g/mol. The fraction of sp³-hybridized carbons (Fsp3) is 0.368. The number of aryl methyl sites for hydroxylation is 1. The van der Waals surface area contributed by atoms with E-state index < -0.39 is 10.0 Å². The quantitative estimate of drug-likeness (QED) is 0.600. The second-order valence-corrected chi connectivity index (χ2v) is 10.6. The minimum Gasteiger partial charge on any atom is -0.341 e. The number of rotatable bonds is 7. The summed E-state index contributed by atoms with van der Waals surface area (Å²) in [6.07, 6.45) is 3.57. The monoisotopic (exact) mass is 450 g/mol. The maximum atomic E-state index is 12.8. The SMILES string of the molecule is Cc1csc(-c2cc(S(=O)(=O)NCc3cccs3)cn2CC(=O)N2CCCC2)n1. The van der Waals surface area contributed by atoms with Gasteiger partial charge in [-0.3, -0.25) is 4.79 Å². The Bertz CT molecular complexity index is 1090. The molecule has 29 heavy (non-hydrogen) atoms. The van der Waals surface area contributed by atoms with Crippen molar-refractivity contribution >= 4 is 38.6 Å². The van der Waals surface area contributed by atoms with Crippen LogP contribution < -0.4 is 4.72 Å². The van der Waals surface area contributed by atoms with Crippen LogP contribution in [-0.4, -0.2) is 41.9 Å². The number of thiophene rings is 1. The Morgan fingerprint density at radius 1 is 1.28 bits per heavy atom. The van der Waals surface area contributed by atoms with E-state index in [9.17, 15) is 13.2 Å². The lowest BCUT2D eigenvalue weighted by atomic mass is 10.4. The molecule has 1 aliphatic heterocycles. The zero-order valence-corrected chi connectivity index (χ0v) is 18.4. The fourth-order valence-electron chi connectivity index (χ4n) is 3.29. The minimum atomic E-state index is -3.71. The van der Waals surface area contributed by atoms with Gasteiger partial charge in [0.05, 0.1) is 5.69 Å². The summed E-state index contributed by atoms with van der Waals surface area (Å²) in [6, 6.07) is 5.38. The first-order valence-electron chi connectivity index (χ1n) is 9.35. The van der Waals surface area contributed by atoms with Crippen LogP contribution in [0.5, 0.6) is 0 Å². The topological polar surface area (TPSA) is 84.3 Å². The van der Waals surface area contributed by atoms with Crippen LogP contribution in [0.1, 0.15) is 23.4 Å². The van der Waals surface area contributed by atoms with E-state index in [4.69, 9.17) is 0 Å². The van der Waals surface area contributed by atoms with Gasteiger partial charge in [0.1, 0.15) is 16.4 Å². The molecule has 0 saturated carbocycles. The first kappa shape index (κ1) is 20.3. The van der Waals surface area contributed by atoms with Crippen molar-refractivity contribution in [2.75, 3.05) is 13.1 Å². The van der Waals surface area contributed by atoms with Crippen molar-refractivity contribution in [1.82, 2.24) is 19.2 Å². The van der Waals surface area contributed by atoms with Crippen LogP contribution >= 0.6 is 22.7 Å². The first-order valence-corrected chi connectivity index (χ1v) is 12.6. The summed E-state index contributed by atoms with van der Waals surface area (Å²) in [6.45, 7) is 3.76. The Morgan fingerprint density at radius 2 is 2.07 bits per heavy atom. The van der Waals surface area contributed by atoms with Gasteiger partial charge in [0.25, 0.3) is 0 Å². The summed E-state index contributed by atoms with van der Waals surface area (Å²) in [5.41, 5.74) is 1.51. The molecule has 0 unspecified atom stereocenters. The Morgan fingerprint density at radius 3 is 2.72 bits per heavy atom. The average Bonchev–Trinajstić information content (AvgIpc) is 3.46. The molecule has 4 rings (SSSR count). The van der Waals surface area contributed by atoms with Crippen LogP contribution in [0.3, 0.4) is 0 Å². The van der Waals surface area contributed by atoms with Gasteiger partial charge in [-0.25, -0.2) is 18.1 Å². The molecule has 0 spiro atoms. The van der Waals surface area contributed by atoms with Crippen LogP contribution in [0, 0.1) is 6.92 Å². The molecule has 0 radical (unpaired) electrons. The molecule has 0 aromatic carbocycles. The fourth-order valence-corrected chi connectivity index (χ4v) is 5.90. The van der Waals surface area contributed by atoms with Crippen molar-refractivity contribution in [3.05, 3.63) is 45.7 Å². The first-order chi connectivity index (χ1) is 13.9. The van der Waals surface area contributed by atoms with E-state index in [0.29, 0.717) is 10.7 Å². The van der Waals surface area contributed by atoms with Gasteiger partial charge in [-0.2, -0.15) is 0 Å². The average molecular weight is 451 g/mol. The molecule has 3 aromatic rings. The van der Waals surface area contributed by atoms with Crippen LogP contribution in [-0.2, 0) is 27.9 Å². The number of carbonyl (C=O) groups is 1. The molecule has 1 fully saturated rings. The molecule has 0 aliphatic carbocycles. The molecule has 3 aromatic heterocycles. The van der Waals surface area contributed by atoms with Gasteiger partial charge in [-0.15, -0.1) is 22.7 Å². The predicted molar refractivity (Wildman–Crippen MR) is 114 cm³/mol. The highest BCUT2D eigenvalue weighted by Gasteiger charge is 2.24. The maximum absolute atomic E-state index is 12.8. The lowest BCUT2D eigenvalue weighted by Gasteiger charge is -2.16. The van der Waals surface area contributed by atoms with Crippen LogP contribution in [0.15, 0.2) is 40.1 Å². The number of carbonyl (C=O) groups excluding carboxylic acids is 1. The van der Waals surface area contributed by atoms with Crippen molar-refractivity contribution in [3.8, 4) is 10.7 Å². The zero-order valence-electron chi connectivity index (χ0n) is 16.0. The highest BCUT2D eigenvalue weighted by molar-refractivity contribution is 7.89. The number of nitrogens with zero attached hydrogens (tertiary/aromatic N) is 3. The van der Waals surface area contributed by atoms with Gasteiger partial charge in [0, 0.05) is 41.8 Å². The number of sulfonamides is 1. The molecule has 1 saturated heterocycles. The van der Waals surface area contributed by atoms with E-state index >= 15 is 0 Å². The van der Waals surface area contributed by atoms with Crippen molar-refractivity contribution in [1.29, 1.82) is 0 Å². The lowest BCUT2D eigenvalue weighted by molar-refractivity contribution is -0.130. The summed E-state index contributed by atoms with van der Waals surface area (Å²) in [5.74, 6) is 0.00289. The minimum absolute atomic E-state index is 0.00289. The summed E-state index contributed by atoms with van der Waals surface area (Å²) >= 11 is 2.94. The lowest BCUT2D eigenvalue weighted by Crippen LogP contribution is -2.31. The number of aromatic nitrogens is 2. The Labute approximate surface area is 178 Å². The highest BCUT2D eigenvalue weighted by Crippen LogP contribution is 2.28. The predicted octanol–water partition coefficient (Wildman–Crippen LogP) is 3.08. The normalized spacial score (nSPS) is 14.6. The second kappa shape index (κ2) is 8.39. The number of likely N-dealkylation sites (tertiary alicyclic amines) is 1. The van der Waals surface area contributed by atoms with Gasteiger partial charge < -0.3 is 9.47 Å². The molecule has 0 bridgehead atoms. The van der Waals surface area contributed by atoms with Gasteiger partial charge >= 0.3 is 0 Å². The largest absolute Gasteiger partial charge is 0.341 e. The van der Waals surface area contributed by atoms with E-state index in [2.05, 4.69) is 9.71 Å². The summed E-state index contributed by atoms with van der Waals surface area (Å²) in [7, 11) is -3.71. The Hall–Kier alpha value is -2.01. The molecule has 4 heterocycles. The van der Waals surface area contributed by atoms with Crippen LogP contribution in [0.4, 0.5) is 0 Å². The molecule has 1 amide bonds. The number of thiazole rings is 1. The molecule has 154 valence electrons. The van der Waals surface area contributed by atoms with Gasteiger partial charge in [-0.05, 0) is 37.3 Å². The van der Waals surface area contributed by atoms with Crippen molar-refractivity contribution in [2.45, 2.75) is 37.8 Å². The Kier molecular flexibility index (Phi) is 5.86. The van der Waals surface area contributed by atoms with E-state index in [0.717, 1.165) is 36.5 Å². The van der Waals surface area contributed by atoms with Crippen LogP contribution in [0.25, 0.3) is 10.7 Å². The second-order valence-electron chi connectivity index (χ2n) is 6.97. The smallest absolute Gasteiger partial charge is 0.242 e. The molecule has 0 atom stereocenters. The molecule has 7 nitrogen and oxygen atoms in total. The Balaban J connectivity index is 1.62. The zero-order chi connectivity index (χ0) is 20.4. The summed E-state index contributed by atoms with van der Waals surface area (Å²) in [4.78, 5) is 20.1. The molecule has 1 aliphatic rings. The van der Waals surface area contributed by atoms with E-state index in [1.54, 1.807) is 10.6 Å². The third-order valence-corrected chi connectivity index (χ3v) is 8.03. The van der Waals surface area contributed by atoms with E-state index in [1.807, 2.05) is 34.7 Å². The van der Waals surface area contributed by atoms with Crippen molar-refractivity contribution in [3.63, 3.8) is 0 Å². The van der Waals surface area contributed by atoms with Crippen molar-refractivity contribution in [2.24, 2.45) is 0 Å². The number of hydrogen-bond acceptors (Lipinski definition) is 6. The standard InChI is InChI=1S/C19H22N4O3S3/c1-14-13-28-19(21-14)17-9-16(29(25,26)20-10-15-5-4-8-27-15)11-23(17)12-18(24)22-6-2-3-7-22/h4-5,8-9,11,13,20H,2-3,6-7,10,12H2,1H3. The molecular formula is C19H22N4O3S3. The van der Waals surface area contributed by atoms with Crippen LogP contribution in [0.2, 0.25) is 0 Å². The third kappa shape index (κ3) is 4.61. The van der Waals surface area contributed by atoms with E-state index in [-0.39, 0.29) is 23.9 Å². The maximum Gasteiger partial charge on any atom is 0.242 e. The van der Waals surface area contributed by atoms with Gasteiger partial charge in [0.15, 0.2) is 0 Å².